The lowest BCUT2D eigenvalue weighted by Gasteiger charge is -2.34. The molecule has 0 aromatic carbocycles. The summed E-state index contributed by atoms with van der Waals surface area (Å²) in [5.74, 6) is 0.260. The largest absolute Gasteiger partial charge is 0.341 e. The Labute approximate surface area is 85.8 Å². The zero-order chi connectivity index (χ0) is 10.4. The summed E-state index contributed by atoms with van der Waals surface area (Å²) in [7, 11) is 1.85. The molecule has 1 fully saturated rings. The molecule has 82 valence electrons. The second-order valence-corrected chi connectivity index (χ2v) is 3.80. The summed E-state index contributed by atoms with van der Waals surface area (Å²) in [5.41, 5.74) is 5.41. The fourth-order valence-electron chi connectivity index (χ4n) is 1.64. The van der Waals surface area contributed by atoms with E-state index in [0.717, 1.165) is 38.8 Å². The van der Waals surface area contributed by atoms with Crippen molar-refractivity contribution in [2.75, 3.05) is 26.7 Å². The quantitative estimate of drug-likeness (QED) is 0.589. The number of carbonyl (C=O) groups excluding carboxylic acids is 1. The van der Waals surface area contributed by atoms with Crippen molar-refractivity contribution in [2.45, 2.75) is 31.7 Å². The molecule has 1 amide bonds. The molecule has 1 aliphatic heterocycles. The minimum Gasteiger partial charge on any atom is -0.341 e. The first-order valence-electron chi connectivity index (χ1n) is 5.45. The molecule has 1 unspecified atom stereocenters. The molecule has 4 heteroatoms. The van der Waals surface area contributed by atoms with E-state index in [4.69, 9.17) is 5.73 Å². The number of hydrogen-bond donors (Lipinski definition) is 2. The van der Waals surface area contributed by atoms with E-state index in [1.54, 1.807) is 0 Å². The summed E-state index contributed by atoms with van der Waals surface area (Å²) in [5, 5.41) is 3.08. The van der Waals surface area contributed by atoms with Gasteiger partial charge < -0.3 is 16.0 Å². The third-order valence-electron chi connectivity index (χ3n) is 2.76. The summed E-state index contributed by atoms with van der Waals surface area (Å²) in [6.45, 7) is 2.59. The summed E-state index contributed by atoms with van der Waals surface area (Å²) in [6, 6.07) is 0.00171. The molecule has 1 heterocycles. The highest BCUT2D eigenvalue weighted by Crippen LogP contribution is 2.11. The van der Waals surface area contributed by atoms with Crippen LogP contribution in [0.15, 0.2) is 0 Å². The number of unbranched alkanes of at least 4 members (excludes halogenated alkanes) is 1. The third kappa shape index (κ3) is 2.96. The molecular formula is C10H21N3O. The summed E-state index contributed by atoms with van der Waals surface area (Å²) >= 11 is 0. The predicted molar refractivity (Wildman–Crippen MR) is 57.0 cm³/mol. The highest BCUT2D eigenvalue weighted by Gasteiger charge is 2.26. The first-order valence-corrected chi connectivity index (χ1v) is 5.45. The number of nitrogens with one attached hydrogen (secondary N) is 1. The predicted octanol–water partition coefficient (Wildman–Crippen LogP) is -0.0643. The second-order valence-electron chi connectivity index (χ2n) is 3.80. The van der Waals surface area contributed by atoms with Crippen molar-refractivity contribution >= 4 is 5.91 Å². The lowest BCUT2D eigenvalue weighted by Crippen LogP contribution is -2.51. The van der Waals surface area contributed by atoms with Gasteiger partial charge in [0.1, 0.15) is 0 Å². The molecule has 1 atom stereocenters. The third-order valence-corrected chi connectivity index (χ3v) is 2.76. The van der Waals surface area contributed by atoms with Gasteiger partial charge in [-0.1, -0.05) is 6.42 Å². The number of rotatable bonds is 6. The minimum absolute atomic E-state index is 0.00171. The smallest absolute Gasteiger partial charge is 0.239 e. The normalized spacial score (nSPS) is 17.7. The molecule has 14 heavy (non-hydrogen) atoms. The summed E-state index contributed by atoms with van der Waals surface area (Å²) < 4.78 is 0. The van der Waals surface area contributed by atoms with Gasteiger partial charge >= 0.3 is 0 Å². The number of nitrogens with zero attached hydrogens (tertiary/aromatic N) is 1. The van der Waals surface area contributed by atoms with Gasteiger partial charge in [-0.25, -0.2) is 0 Å². The van der Waals surface area contributed by atoms with E-state index in [0.29, 0.717) is 6.54 Å². The zero-order valence-corrected chi connectivity index (χ0v) is 8.96. The maximum atomic E-state index is 11.8. The van der Waals surface area contributed by atoms with Crippen LogP contribution in [0.5, 0.6) is 0 Å². The first kappa shape index (κ1) is 11.5. The van der Waals surface area contributed by atoms with Crippen LogP contribution in [0.2, 0.25) is 0 Å². The molecule has 0 saturated carbocycles. The van der Waals surface area contributed by atoms with Gasteiger partial charge in [0.15, 0.2) is 0 Å². The molecule has 0 spiro atoms. The molecule has 0 radical (unpaired) electrons. The SMILES string of the molecule is CNC(CCCCN)C(=O)N1CCC1. The molecule has 4 nitrogen and oxygen atoms in total. The number of likely N-dealkylation sites (N-methyl/N-ethyl adjacent to an activating group) is 1. The van der Waals surface area contributed by atoms with Gasteiger partial charge in [-0.2, -0.15) is 0 Å². The molecule has 0 bridgehead atoms. The number of amides is 1. The van der Waals surface area contributed by atoms with Crippen LogP contribution in [0.3, 0.4) is 0 Å². The van der Waals surface area contributed by atoms with Crippen molar-refractivity contribution in [1.29, 1.82) is 0 Å². The first-order chi connectivity index (χ1) is 6.79. The molecule has 0 aromatic heterocycles. The van der Waals surface area contributed by atoms with Gasteiger partial charge in [0.25, 0.3) is 0 Å². The van der Waals surface area contributed by atoms with Crippen molar-refractivity contribution in [3.63, 3.8) is 0 Å². The van der Waals surface area contributed by atoms with Crippen molar-refractivity contribution in [3.05, 3.63) is 0 Å². The zero-order valence-electron chi connectivity index (χ0n) is 8.96. The molecule has 1 aliphatic rings. The number of carbonyl (C=O) groups is 1. The van der Waals surface area contributed by atoms with E-state index in [1.165, 1.54) is 0 Å². The molecule has 3 N–H and O–H groups in total. The van der Waals surface area contributed by atoms with Crippen molar-refractivity contribution in [1.82, 2.24) is 10.2 Å². The fraction of sp³-hybridized carbons (Fsp3) is 0.900. The van der Waals surface area contributed by atoms with E-state index in [1.807, 2.05) is 11.9 Å². The maximum absolute atomic E-state index is 11.8. The molecular weight excluding hydrogens is 178 g/mol. The van der Waals surface area contributed by atoms with Crippen LogP contribution >= 0.6 is 0 Å². The Hall–Kier alpha value is -0.610. The van der Waals surface area contributed by atoms with Gasteiger partial charge in [0.05, 0.1) is 6.04 Å². The second kappa shape index (κ2) is 5.98. The minimum atomic E-state index is 0.00171. The molecule has 1 saturated heterocycles. The van der Waals surface area contributed by atoms with E-state index >= 15 is 0 Å². The van der Waals surface area contributed by atoms with E-state index < -0.39 is 0 Å². The monoisotopic (exact) mass is 199 g/mol. The van der Waals surface area contributed by atoms with E-state index in [2.05, 4.69) is 5.32 Å². The van der Waals surface area contributed by atoms with Gasteiger partial charge in [-0.05, 0) is 32.9 Å². The Morgan fingerprint density at radius 3 is 2.64 bits per heavy atom. The van der Waals surface area contributed by atoms with Crippen LogP contribution in [0.4, 0.5) is 0 Å². The summed E-state index contributed by atoms with van der Waals surface area (Å²) in [4.78, 5) is 13.7. The Kier molecular flexibility index (Phi) is 4.90. The fourth-order valence-corrected chi connectivity index (χ4v) is 1.64. The van der Waals surface area contributed by atoms with Gasteiger partial charge in [0.2, 0.25) is 5.91 Å². The Morgan fingerprint density at radius 2 is 2.21 bits per heavy atom. The number of likely N-dealkylation sites (tertiary alicyclic amines) is 1. The Morgan fingerprint density at radius 1 is 1.50 bits per heavy atom. The van der Waals surface area contributed by atoms with Crippen LogP contribution in [0.25, 0.3) is 0 Å². The van der Waals surface area contributed by atoms with Gasteiger partial charge in [-0.15, -0.1) is 0 Å². The Bertz CT molecular complexity index is 180. The van der Waals surface area contributed by atoms with Crippen LogP contribution in [0, 0.1) is 0 Å². The van der Waals surface area contributed by atoms with Crippen LogP contribution in [-0.2, 0) is 4.79 Å². The number of nitrogens with two attached hydrogens (primary N) is 1. The summed E-state index contributed by atoms with van der Waals surface area (Å²) in [6.07, 6.45) is 4.10. The number of hydrogen-bond acceptors (Lipinski definition) is 3. The van der Waals surface area contributed by atoms with E-state index in [9.17, 15) is 4.79 Å². The average Bonchev–Trinajstić information content (AvgIpc) is 2.09. The topological polar surface area (TPSA) is 58.4 Å². The Balaban J connectivity index is 2.24. The lowest BCUT2D eigenvalue weighted by molar-refractivity contribution is -0.137. The molecule has 0 aliphatic carbocycles. The highest BCUT2D eigenvalue weighted by molar-refractivity contribution is 5.82. The van der Waals surface area contributed by atoms with Gasteiger partial charge in [-0.3, -0.25) is 4.79 Å². The van der Waals surface area contributed by atoms with Gasteiger partial charge in [0, 0.05) is 13.1 Å². The van der Waals surface area contributed by atoms with Crippen LogP contribution < -0.4 is 11.1 Å². The maximum Gasteiger partial charge on any atom is 0.239 e. The lowest BCUT2D eigenvalue weighted by atomic mass is 10.1. The van der Waals surface area contributed by atoms with Crippen molar-refractivity contribution in [3.8, 4) is 0 Å². The van der Waals surface area contributed by atoms with E-state index in [-0.39, 0.29) is 11.9 Å². The van der Waals surface area contributed by atoms with Crippen LogP contribution in [0.1, 0.15) is 25.7 Å². The molecule has 0 aromatic rings. The van der Waals surface area contributed by atoms with Crippen molar-refractivity contribution in [2.24, 2.45) is 5.73 Å². The highest BCUT2D eigenvalue weighted by atomic mass is 16.2. The average molecular weight is 199 g/mol. The van der Waals surface area contributed by atoms with Crippen molar-refractivity contribution < 1.29 is 4.79 Å². The molecule has 1 rings (SSSR count). The standard InChI is InChI=1S/C10H21N3O/c1-12-9(5-2-3-6-11)10(14)13-7-4-8-13/h9,12H,2-8,11H2,1H3. The van der Waals surface area contributed by atoms with Crippen LogP contribution in [-0.4, -0.2) is 43.5 Å².